The zero-order valence-electron chi connectivity index (χ0n) is 19.0. The van der Waals surface area contributed by atoms with E-state index in [1.54, 1.807) is 24.3 Å². The molecule has 10 heteroatoms. The fourth-order valence-corrected chi connectivity index (χ4v) is 3.99. The van der Waals surface area contributed by atoms with Crippen LogP contribution in [0.3, 0.4) is 0 Å². The number of aromatic nitrogens is 2. The van der Waals surface area contributed by atoms with Crippen molar-refractivity contribution in [3.63, 3.8) is 0 Å². The molecule has 4 rings (SSSR count). The quantitative estimate of drug-likeness (QED) is 0.374. The zero-order chi connectivity index (χ0) is 23.5. The molecular weight excluding hydrogens is 428 g/mol. The van der Waals surface area contributed by atoms with Crippen molar-refractivity contribution in [3.8, 4) is 40.1 Å². The smallest absolute Gasteiger partial charge is 0.293 e. The third kappa shape index (κ3) is 4.41. The van der Waals surface area contributed by atoms with Crippen molar-refractivity contribution in [2.45, 2.75) is 19.8 Å². The van der Waals surface area contributed by atoms with Crippen LogP contribution in [-0.4, -0.2) is 49.5 Å². The summed E-state index contributed by atoms with van der Waals surface area (Å²) in [4.78, 5) is 18.0. The average molecular weight is 454 g/mol. The largest absolute Gasteiger partial charge is 0.493 e. The van der Waals surface area contributed by atoms with Crippen molar-refractivity contribution in [3.05, 3.63) is 40.4 Å². The van der Waals surface area contributed by atoms with Crippen LogP contribution in [0.15, 0.2) is 34.9 Å². The van der Waals surface area contributed by atoms with Gasteiger partial charge in [0.05, 0.1) is 26.3 Å². The van der Waals surface area contributed by atoms with E-state index in [0.29, 0.717) is 45.8 Å². The number of piperidine rings is 1. The molecule has 0 radical (unpaired) electrons. The topological polar surface area (TPSA) is 113 Å². The number of hydrogen-bond donors (Lipinski definition) is 0. The molecule has 33 heavy (non-hydrogen) atoms. The molecule has 0 saturated carbocycles. The molecule has 10 nitrogen and oxygen atoms in total. The van der Waals surface area contributed by atoms with Gasteiger partial charge in [0, 0.05) is 30.3 Å². The number of nitro groups is 1. The van der Waals surface area contributed by atoms with Gasteiger partial charge >= 0.3 is 0 Å². The predicted octanol–water partition coefficient (Wildman–Crippen LogP) is 4.57. The van der Waals surface area contributed by atoms with Crippen LogP contribution in [0.1, 0.15) is 19.8 Å². The van der Waals surface area contributed by atoms with E-state index in [1.807, 2.05) is 0 Å². The second kappa shape index (κ2) is 9.35. The highest BCUT2D eigenvalue weighted by Gasteiger charge is 2.25. The number of anilines is 1. The lowest BCUT2D eigenvalue weighted by Crippen LogP contribution is -2.33. The summed E-state index contributed by atoms with van der Waals surface area (Å²) < 4.78 is 21.5. The Morgan fingerprint density at radius 3 is 2.27 bits per heavy atom. The summed E-state index contributed by atoms with van der Waals surface area (Å²) in [6.07, 6.45) is 2.03. The second-order valence-corrected chi connectivity index (χ2v) is 7.97. The summed E-state index contributed by atoms with van der Waals surface area (Å²) in [5.41, 5.74) is 1.70. The monoisotopic (exact) mass is 454 g/mol. The molecular formula is C23H26N4O6. The fourth-order valence-electron chi connectivity index (χ4n) is 3.99. The third-order valence-corrected chi connectivity index (χ3v) is 5.89. The van der Waals surface area contributed by atoms with E-state index in [9.17, 15) is 10.1 Å². The van der Waals surface area contributed by atoms with E-state index in [4.69, 9.17) is 18.7 Å². The lowest BCUT2D eigenvalue weighted by atomic mass is 9.98. The van der Waals surface area contributed by atoms with Gasteiger partial charge in [-0.05, 0) is 43.0 Å². The van der Waals surface area contributed by atoms with E-state index in [2.05, 4.69) is 22.0 Å². The molecule has 2 heterocycles. The Bertz CT molecular complexity index is 1130. The van der Waals surface area contributed by atoms with Gasteiger partial charge in [-0.2, -0.15) is 4.98 Å². The Balaban J connectivity index is 1.68. The van der Waals surface area contributed by atoms with Gasteiger partial charge in [0.25, 0.3) is 11.6 Å². The summed E-state index contributed by atoms with van der Waals surface area (Å²) in [7, 11) is 4.56. The summed E-state index contributed by atoms with van der Waals surface area (Å²) in [5.74, 6) is 2.46. The Morgan fingerprint density at radius 1 is 1.03 bits per heavy atom. The van der Waals surface area contributed by atoms with Crippen LogP contribution in [0.4, 0.5) is 11.4 Å². The molecule has 1 saturated heterocycles. The molecule has 1 aliphatic rings. The first-order chi connectivity index (χ1) is 15.9. The number of benzene rings is 2. The SMILES string of the molecule is COc1cc(-c2noc(-c3ccc(N4CCC(C)CC4)c([N+](=O)[O-])c3)n2)cc(OC)c1OC. The maximum Gasteiger partial charge on any atom is 0.293 e. The Labute approximate surface area is 191 Å². The van der Waals surface area contributed by atoms with Crippen molar-refractivity contribution in [1.82, 2.24) is 10.1 Å². The summed E-state index contributed by atoms with van der Waals surface area (Å²) in [6, 6.07) is 8.43. The second-order valence-electron chi connectivity index (χ2n) is 7.97. The maximum absolute atomic E-state index is 11.8. The Morgan fingerprint density at radius 2 is 1.70 bits per heavy atom. The molecule has 0 bridgehead atoms. The third-order valence-electron chi connectivity index (χ3n) is 5.89. The van der Waals surface area contributed by atoms with Gasteiger partial charge in [-0.25, -0.2) is 0 Å². The van der Waals surface area contributed by atoms with Crippen molar-refractivity contribution in [1.29, 1.82) is 0 Å². The van der Waals surface area contributed by atoms with Crippen LogP contribution >= 0.6 is 0 Å². The lowest BCUT2D eigenvalue weighted by Gasteiger charge is -2.31. The van der Waals surface area contributed by atoms with Gasteiger partial charge in [0.15, 0.2) is 11.5 Å². The lowest BCUT2D eigenvalue weighted by molar-refractivity contribution is -0.384. The number of nitrogens with zero attached hydrogens (tertiary/aromatic N) is 4. The molecule has 3 aromatic rings. The molecule has 0 atom stereocenters. The van der Waals surface area contributed by atoms with E-state index < -0.39 is 0 Å². The van der Waals surface area contributed by atoms with Crippen LogP contribution in [0, 0.1) is 16.0 Å². The van der Waals surface area contributed by atoms with Crippen molar-refractivity contribution in [2.75, 3.05) is 39.3 Å². The van der Waals surface area contributed by atoms with Gasteiger partial charge in [-0.3, -0.25) is 10.1 Å². The number of hydrogen-bond acceptors (Lipinski definition) is 9. The number of nitro benzene ring substituents is 1. The van der Waals surface area contributed by atoms with Gasteiger partial charge < -0.3 is 23.6 Å². The standard InChI is InChI=1S/C23H26N4O6/c1-14-7-9-26(10-8-14)17-6-5-15(11-18(17)27(28)29)23-24-22(25-33-23)16-12-19(30-2)21(32-4)20(13-16)31-3/h5-6,11-14H,7-10H2,1-4H3. The zero-order valence-corrected chi connectivity index (χ0v) is 19.0. The first kappa shape index (κ1) is 22.4. The molecule has 0 unspecified atom stereocenters. The van der Waals surface area contributed by atoms with Gasteiger partial charge in [-0.1, -0.05) is 12.1 Å². The highest BCUT2D eigenvalue weighted by atomic mass is 16.6. The van der Waals surface area contributed by atoms with Crippen molar-refractivity contribution < 1.29 is 23.7 Å². The van der Waals surface area contributed by atoms with E-state index >= 15 is 0 Å². The van der Waals surface area contributed by atoms with E-state index in [-0.39, 0.29) is 16.5 Å². The van der Waals surface area contributed by atoms with Gasteiger partial charge in [0.1, 0.15) is 5.69 Å². The van der Waals surface area contributed by atoms with Crippen LogP contribution in [-0.2, 0) is 0 Å². The Kier molecular flexibility index (Phi) is 6.34. The van der Waals surface area contributed by atoms with Crippen LogP contribution in [0.2, 0.25) is 0 Å². The van der Waals surface area contributed by atoms with E-state index in [0.717, 1.165) is 25.9 Å². The number of methoxy groups -OCH3 is 3. The normalized spacial score (nSPS) is 14.2. The first-order valence-corrected chi connectivity index (χ1v) is 10.6. The minimum absolute atomic E-state index is 0.0228. The summed E-state index contributed by atoms with van der Waals surface area (Å²) >= 11 is 0. The minimum atomic E-state index is -0.368. The fraction of sp³-hybridized carbons (Fsp3) is 0.391. The summed E-state index contributed by atoms with van der Waals surface area (Å²) in [6.45, 7) is 3.80. The molecule has 174 valence electrons. The number of rotatable bonds is 7. The van der Waals surface area contributed by atoms with Crippen LogP contribution in [0.25, 0.3) is 22.8 Å². The van der Waals surface area contributed by atoms with Crippen molar-refractivity contribution in [2.24, 2.45) is 5.92 Å². The molecule has 2 aromatic carbocycles. The highest BCUT2D eigenvalue weighted by molar-refractivity contribution is 5.72. The van der Waals surface area contributed by atoms with Crippen LogP contribution < -0.4 is 19.1 Å². The van der Waals surface area contributed by atoms with E-state index in [1.165, 1.54) is 27.4 Å². The first-order valence-electron chi connectivity index (χ1n) is 10.6. The molecule has 0 aliphatic carbocycles. The number of ether oxygens (including phenoxy) is 3. The Hall–Kier alpha value is -3.82. The van der Waals surface area contributed by atoms with Gasteiger partial charge in [-0.15, -0.1) is 0 Å². The molecule has 1 aromatic heterocycles. The molecule has 1 fully saturated rings. The molecule has 1 aliphatic heterocycles. The average Bonchev–Trinajstić information content (AvgIpc) is 3.33. The van der Waals surface area contributed by atoms with Gasteiger partial charge in [0.2, 0.25) is 11.6 Å². The molecule has 0 spiro atoms. The van der Waals surface area contributed by atoms with Crippen molar-refractivity contribution >= 4 is 11.4 Å². The highest BCUT2D eigenvalue weighted by Crippen LogP contribution is 2.41. The van der Waals surface area contributed by atoms with Crippen LogP contribution in [0.5, 0.6) is 17.2 Å². The molecule has 0 N–H and O–H groups in total. The summed E-state index contributed by atoms with van der Waals surface area (Å²) in [5, 5.41) is 15.9. The molecule has 0 amide bonds. The minimum Gasteiger partial charge on any atom is -0.493 e. The predicted molar refractivity (Wildman–Crippen MR) is 122 cm³/mol. The maximum atomic E-state index is 11.8.